The molecule has 1 atom stereocenters. The molecule has 1 aliphatic heterocycles. The van der Waals surface area contributed by atoms with Crippen LogP contribution in [0.3, 0.4) is 0 Å². The Morgan fingerprint density at radius 2 is 1.66 bits per heavy atom. The number of ketones is 1. The summed E-state index contributed by atoms with van der Waals surface area (Å²) in [6.07, 6.45) is -4.88. The third kappa shape index (κ3) is 4.81. The lowest BCUT2D eigenvalue weighted by Gasteiger charge is -2.25. The van der Waals surface area contributed by atoms with Crippen molar-refractivity contribution >= 4 is 34.7 Å². The second kappa shape index (κ2) is 9.34. The van der Waals surface area contributed by atoms with Gasteiger partial charge in [-0.25, -0.2) is 0 Å². The fourth-order valence-electron chi connectivity index (χ4n) is 3.87. The monoisotopic (exact) mass is 503 g/mol. The van der Waals surface area contributed by atoms with E-state index in [1.807, 2.05) is 0 Å². The Balaban J connectivity index is 1.88. The molecule has 0 aromatic heterocycles. The van der Waals surface area contributed by atoms with Crippen molar-refractivity contribution in [3.05, 3.63) is 94.5 Å². The highest BCUT2D eigenvalue weighted by atomic mass is 35.5. The maximum absolute atomic E-state index is 13.2. The topological polar surface area (TPSA) is 76.1 Å². The number of methoxy groups -OCH3 is 1. The van der Waals surface area contributed by atoms with E-state index in [-0.39, 0.29) is 27.6 Å². The van der Waals surface area contributed by atoms with Gasteiger partial charge in [-0.05, 0) is 48.0 Å². The number of halogens is 4. The summed E-state index contributed by atoms with van der Waals surface area (Å²) in [7, 11) is 1.37. The first-order valence-corrected chi connectivity index (χ1v) is 10.5. The van der Waals surface area contributed by atoms with Gasteiger partial charge < -0.3 is 14.6 Å². The Labute approximate surface area is 202 Å². The predicted octanol–water partition coefficient (Wildman–Crippen LogP) is 5.87. The van der Waals surface area contributed by atoms with Crippen molar-refractivity contribution in [2.75, 3.05) is 12.0 Å². The number of alkyl halides is 3. The van der Waals surface area contributed by atoms with Crippen LogP contribution in [0.2, 0.25) is 5.02 Å². The summed E-state index contributed by atoms with van der Waals surface area (Å²) in [4.78, 5) is 27.4. The molecule has 180 valence electrons. The first-order valence-electron chi connectivity index (χ1n) is 10.2. The lowest BCUT2D eigenvalue weighted by Crippen LogP contribution is -2.29. The quantitative estimate of drug-likeness (QED) is 0.267. The lowest BCUT2D eigenvalue weighted by molar-refractivity contribution is -0.274. The Kier molecular flexibility index (Phi) is 6.45. The van der Waals surface area contributed by atoms with Crippen LogP contribution >= 0.6 is 11.6 Å². The molecule has 10 heteroatoms. The molecule has 0 bridgehead atoms. The average molecular weight is 504 g/mol. The molecule has 6 nitrogen and oxygen atoms in total. The molecule has 0 radical (unpaired) electrons. The van der Waals surface area contributed by atoms with E-state index in [9.17, 15) is 27.9 Å². The predicted molar refractivity (Wildman–Crippen MR) is 122 cm³/mol. The number of carbonyl (C=O) groups is 2. The molecule has 3 aromatic carbocycles. The summed E-state index contributed by atoms with van der Waals surface area (Å²) in [5, 5.41) is 11.5. The fraction of sp³-hybridized carbons (Fsp3) is 0.120. The number of hydrogen-bond acceptors (Lipinski definition) is 5. The number of aliphatic hydroxyl groups is 1. The van der Waals surface area contributed by atoms with Crippen LogP contribution in [0.25, 0.3) is 5.76 Å². The summed E-state index contributed by atoms with van der Waals surface area (Å²) < 4.78 is 46.8. The largest absolute Gasteiger partial charge is 0.573 e. The van der Waals surface area contributed by atoms with Crippen molar-refractivity contribution in [3.8, 4) is 11.5 Å². The maximum atomic E-state index is 13.2. The molecule has 1 unspecified atom stereocenters. The van der Waals surface area contributed by atoms with Crippen LogP contribution in [0.5, 0.6) is 11.5 Å². The van der Waals surface area contributed by atoms with Crippen molar-refractivity contribution in [1.29, 1.82) is 0 Å². The van der Waals surface area contributed by atoms with Gasteiger partial charge in [-0.15, -0.1) is 13.2 Å². The van der Waals surface area contributed by atoms with Gasteiger partial charge >= 0.3 is 6.36 Å². The van der Waals surface area contributed by atoms with E-state index >= 15 is 0 Å². The summed E-state index contributed by atoms with van der Waals surface area (Å²) in [5.74, 6) is -2.72. The molecule has 1 heterocycles. The van der Waals surface area contributed by atoms with E-state index in [4.69, 9.17) is 16.3 Å². The molecule has 35 heavy (non-hydrogen) atoms. The van der Waals surface area contributed by atoms with Gasteiger partial charge in [-0.2, -0.15) is 0 Å². The summed E-state index contributed by atoms with van der Waals surface area (Å²) in [6, 6.07) is 16.3. The summed E-state index contributed by atoms with van der Waals surface area (Å²) >= 11 is 6.08. The first kappa shape index (κ1) is 24.2. The second-order valence-electron chi connectivity index (χ2n) is 7.47. The normalized spacial score (nSPS) is 17.5. The molecule has 0 spiro atoms. The molecule has 1 N–H and O–H groups in total. The van der Waals surface area contributed by atoms with Crippen molar-refractivity contribution < 1.29 is 37.3 Å². The molecule has 1 amide bonds. The highest BCUT2D eigenvalue weighted by Crippen LogP contribution is 2.44. The van der Waals surface area contributed by atoms with Crippen molar-refractivity contribution in [3.63, 3.8) is 0 Å². The van der Waals surface area contributed by atoms with Crippen LogP contribution in [0, 0.1) is 0 Å². The minimum absolute atomic E-state index is 0.104. The zero-order valence-electron chi connectivity index (χ0n) is 18.0. The zero-order chi connectivity index (χ0) is 25.3. The molecule has 0 aliphatic carbocycles. The van der Waals surface area contributed by atoms with Crippen LogP contribution in [0.1, 0.15) is 17.2 Å². The number of rotatable bonds is 5. The van der Waals surface area contributed by atoms with Gasteiger partial charge in [0.1, 0.15) is 17.3 Å². The van der Waals surface area contributed by atoms with Gasteiger partial charge in [0.2, 0.25) is 0 Å². The minimum Gasteiger partial charge on any atom is -0.507 e. The van der Waals surface area contributed by atoms with Gasteiger partial charge in [-0.1, -0.05) is 41.9 Å². The molecular weight excluding hydrogens is 487 g/mol. The van der Waals surface area contributed by atoms with Crippen LogP contribution in [-0.4, -0.2) is 30.3 Å². The molecule has 4 rings (SSSR count). The molecule has 1 fully saturated rings. The molecule has 1 saturated heterocycles. The molecular formula is C25H17ClF3NO5. The standard InChI is InChI=1S/C25H17ClF3NO5/c1-34-19-12-7-15(26)13-18(19)22(31)20-21(14-5-3-2-4-6-14)30(24(33)23(20)32)16-8-10-17(11-9-16)35-25(27,28)29/h2-13,21,31H,1H3/b22-20+. The van der Waals surface area contributed by atoms with Gasteiger partial charge in [-0.3, -0.25) is 14.5 Å². The van der Waals surface area contributed by atoms with Crippen LogP contribution in [0.15, 0.2) is 78.4 Å². The van der Waals surface area contributed by atoms with Gasteiger partial charge in [0.15, 0.2) is 0 Å². The lowest BCUT2D eigenvalue weighted by atomic mass is 9.95. The SMILES string of the molecule is COc1ccc(Cl)cc1/C(O)=C1\C(=O)C(=O)N(c2ccc(OC(F)(F)F)cc2)C1c1ccccc1. The number of amides is 1. The fourth-order valence-corrected chi connectivity index (χ4v) is 4.04. The third-order valence-electron chi connectivity index (χ3n) is 5.32. The van der Waals surface area contributed by atoms with Gasteiger partial charge in [0, 0.05) is 10.7 Å². The number of nitrogens with zero attached hydrogens (tertiary/aromatic N) is 1. The van der Waals surface area contributed by atoms with E-state index in [2.05, 4.69) is 4.74 Å². The number of anilines is 1. The second-order valence-corrected chi connectivity index (χ2v) is 7.90. The van der Waals surface area contributed by atoms with Crippen LogP contribution in [0.4, 0.5) is 18.9 Å². The van der Waals surface area contributed by atoms with Crippen LogP contribution in [-0.2, 0) is 9.59 Å². The van der Waals surface area contributed by atoms with Crippen molar-refractivity contribution in [1.82, 2.24) is 0 Å². The number of benzene rings is 3. The number of hydrogen-bond donors (Lipinski definition) is 1. The number of carbonyl (C=O) groups excluding carboxylic acids is 2. The number of Topliss-reactive ketones (excluding diaryl/α,β-unsaturated/α-hetero) is 1. The minimum atomic E-state index is -4.88. The number of ether oxygens (including phenoxy) is 2. The smallest absolute Gasteiger partial charge is 0.507 e. The van der Waals surface area contributed by atoms with Gasteiger partial charge in [0.05, 0.1) is 24.3 Å². The first-order chi connectivity index (χ1) is 16.6. The number of aliphatic hydroxyl groups excluding tert-OH is 1. The summed E-state index contributed by atoms with van der Waals surface area (Å²) in [6.45, 7) is 0. The van der Waals surface area contributed by atoms with E-state index in [0.717, 1.165) is 17.0 Å². The van der Waals surface area contributed by atoms with Crippen molar-refractivity contribution in [2.45, 2.75) is 12.4 Å². The van der Waals surface area contributed by atoms with E-state index in [1.165, 1.54) is 37.4 Å². The molecule has 0 saturated carbocycles. The highest BCUT2D eigenvalue weighted by Gasteiger charge is 2.47. The maximum Gasteiger partial charge on any atom is 0.573 e. The summed E-state index contributed by atoms with van der Waals surface area (Å²) in [5.41, 5.74) is 0.502. The van der Waals surface area contributed by atoms with Gasteiger partial charge in [0.25, 0.3) is 11.7 Å². The zero-order valence-corrected chi connectivity index (χ0v) is 18.8. The van der Waals surface area contributed by atoms with E-state index in [0.29, 0.717) is 5.56 Å². The van der Waals surface area contributed by atoms with E-state index < -0.39 is 35.6 Å². The molecule has 1 aliphatic rings. The van der Waals surface area contributed by atoms with Crippen LogP contribution < -0.4 is 14.4 Å². The average Bonchev–Trinajstić information content (AvgIpc) is 3.09. The Hall–Kier alpha value is -3.98. The Morgan fingerprint density at radius 3 is 2.26 bits per heavy atom. The van der Waals surface area contributed by atoms with Crippen molar-refractivity contribution in [2.24, 2.45) is 0 Å². The third-order valence-corrected chi connectivity index (χ3v) is 5.56. The Bertz CT molecular complexity index is 1310. The van der Waals surface area contributed by atoms with E-state index in [1.54, 1.807) is 30.3 Å². The highest BCUT2D eigenvalue weighted by molar-refractivity contribution is 6.51. The molecule has 3 aromatic rings. The Morgan fingerprint density at radius 1 is 1.00 bits per heavy atom.